The van der Waals surface area contributed by atoms with Gasteiger partial charge in [0.1, 0.15) is 0 Å². The van der Waals surface area contributed by atoms with E-state index in [0.717, 1.165) is 30.0 Å². The fraction of sp³-hybridized carbons (Fsp3) is 0.308. The molecule has 0 saturated heterocycles. The molecular weight excluding hydrogens is 220 g/mol. The summed E-state index contributed by atoms with van der Waals surface area (Å²) in [7, 11) is 0. The highest BCUT2D eigenvalue weighted by Gasteiger charge is 2.02. The number of benzene rings is 1. The van der Waals surface area contributed by atoms with Crippen molar-refractivity contribution in [3.63, 3.8) is 0 Å². The van der Waals surface area contributed by atoms with Crippen LogP contribution in [-0.2, 0) is 13.0 Å². The predicted molar refractivity (Wildman–Crippen MR) is 66.8 cm³/mol. The summed E-state index contributed by atoms with van der Waals surface area (Å²) in [4.78, 5) is 0. The van der Waals surface area contributed by atoms with Gasteiger partial charge in [-0.25, -0.2) is 0 Å². The highest BCUT2D eigenvalue weighted by atomic mass is 35.5. The quantitative estimate of drug-likeness (QED) is 0.791. The molecule has 0 fully saturated rings. The molecule has 2 rings (SSSR count). The molecule has 0 bridgehead atoms. The molecule has 2 aromatic rings. The maximum Gasteiger partial charge on any atom is 0.0673 e. The van der Waals surface area contributed by atoms with E-state index < -0.39 is 0 Å². The molecule has 0 spiro atoms. The van der Waals surface area contributed by atoms with E-state index in [1.807, 2.05) is 35.1 Å². The maximum absolute atomic E-state index is 6.10. The summed E-state index contributed by atoms with van der Waals surface area (Å²) in [6, 6.07) is 7.88. The van der Waals surface area contributed by atoms with Crippen LogP contribution in [0, 0.1) is 0 Å². The SMILES string of the molecule is CCCc1cnn(Cc2ccccc2Cl)c1. The van der Waals surface area contributed by atoms with Crippen molar-refractivity contribution < 1.29 is 0 Å². The number of nitrogens with zero attached hydrogens (tertiary/aromatic N) is 2. The largest absolute Gasteiger partial charge is 0.268 e. The highest BCUT2D eigenvalue weighted by Crippen LogP contribution is 2.16. The first-order chi connectivity index (χ1) is 7.79. The average Bonchev–Trinajstić information content (AvgIpc) is 2.70. The molecule has 84 valence electrons. The molecule has 1 heterocycles. The van der Waals surface area contributed by atoms with Crippen molar-refractivity contribution in [2.24, 2.45) is 0 Å². The van der Waals surface area contributed by atoms with Crippen LogP contribution in [0.3, 0.4) is 0 Å². The Balaban J connectivity index is 2.11. The van der Waals surface area contributed by atoms with Crippen molar-refractivity contribution in [1.29, 1.82) is 0 Å². The van der Waals surface area contributed by atoms with E-state index in [1.165, 1.54) is 5.56 Å². The smallest absolute Gasteiger partial charge is 0.0673 e. The Bertz CT molecular complexity index is 462. The third-order valence-corrected chi connectivity index (χ3v) is 2.88. The second-order valence-electron chi connectivity index (χ2n) is 3.89. The zero-order valence-electron chi connectivity index (χ0n) is 9.36. The van der Waals surface area contributed by atoms with Gasteiger partial charge in [-0.15, -0.1) is 0 Å². The van der Waals surface area contributed by atoms with E-state index in [9.17, 15) is 0 Å². The molecule has 0 amide bonds. The average molecular weight is 235 g/mol. The summed E-state index contributed by atoms with van der Waals surface area (Å²) in [5.41, 5.74) is 2.39. The third-order valence-electron chi connectivity index (χ3n) is 2.52. The summed E-state index contributed by atoms with van der Waals surface area (Å²) in [5, 5.41) is 5.13. The molecule has 1 aromatic carbocycles. The molecular formula is C13H15ClN2. The fourth-order valence-corrected chi connectivity index (χ4v) is 1.91. The minimum absolute atomic E-state index is 0.739. The summed E-state index contributed by atoms with van der Waals surface area (Å²) in [6.45, 7) is 2.91. The summed E-state index contributed by atoms with van der Waals surface area (Å²) in [6.07, 6.45) is 6.26. The standard InChI is InChI=1S/C13H15ClN2/c1-2-5-11-8-15-16(9-11)10-12-6-3-4-7-13(12)14/h3-4,6-9H,2,5,10H2,1H3. The van der Waals surface area contributed by atoms with Crippen molar-refractivity contribution in [3.05, 3.63) is 52.8 Å². The molecule has 0 aliphatic rings. The number of hydrogen-bond donors (Lipinski definition) is 0. The van der Waals surface area contributed by atoms with E-state index in [1.54, 1.807) is 0 Å². The normalized spacial score (nSPS) is 10.6. The van der Waals surface area contributed by atoms with Gasteiger partial charge >= 0.3 is 0 Å². The minimum atomic E-state index is 0.739. The van der Waals surface area contributed by atoms with Crippen LogP contribution in [-0.4, -0.2) is 9.78 Å². The summed E-state index contributed by atoms with van der Waals surface area (Å²) in [5.74, 6) is 0. The van der Waals surface area contributed by atoms with Gasteiger partial charge in [-0.2, -0.15) is 5.10 Å². The number of rotatable bonds is 4. The van der Waals surface area contributed by atoms with Crippen molar-refractivity contribution in [2.45, 2.75) is 26.3 Å². The van der Waals surface area contributed by atoms with E-state index in [-0.39, 0.29) is 0 Å². The topological polar surface area (TPSA) is 17.8 Å². The molecule has 3 heteroatoms. The van der Waals surface area contributed by atoms with Crippen LogP contribution in [0.2, 0.25) is 5.02 Å². The number of halogens is 1. The Morgan fingerprint density at radius 1 is 1.31 bits per heavy atom. The van der Waals surface area contributed by atoms with Crippen LogP contribution < -0.4 is 0 Å². The van der Waals surface area contributed by atoms with E-state index in [2.05, 4.69) is 18.2 Å². The van der Waals surface area contributed by atoms with Crippen LogP contribution in [0.5, 0.6) is 0 Å². The van der Waals surface area contributed by atoms with Gasteiger partial charge in [0.25, 0.3) is 0 Å². The van der Waals surface area contributed by atoms with Crippen LogP contribution >= 0.6 is 11.6 Å². The second-order valence-corrected chi connectivity index (χ2v) is 4.29. The predicted octanol–water partition coefficient (Wildman–Crippen LogP) is 3.54. The lowest BCUT2D eigenvalue weighted by Gasteiger charge is -2.03. The maximum atomic E-state index is 6.10. The monoisotopic (exact) mass is 234 g/mol. The fourth-order valence-electron chi connectivity index (χ4n) is 1.71. The Kier molecular flexibility index (Phi) is 3.62. The number of aryl methyl sites for hydroxylation is 1. The Hall–Kier alpha value is -1.28. The lowest BCUT2D eigenvalue weighted by atomic mass is 10.2. The van der Waals surface area contributed by atoms with Crippen molar-refractivity contribution in [2.75, 3.05) is 0 Å². The first-order valence-electron chi connectivity index (χ1n) is 5.54. The van der Waals surface area contributed by atoms with Crippen LogP contribution in [0.1, 0.15) is 24.5 Å². The minimum Gasteiger partial charge on any atom is -0.268 e. The molecule has 0 N–H and O–H groups in total. The van der Waals surface area contributed by atoms with E-state index >= 15 is 0 Å². The van der Waals surface area contributed by atoms with Gasteiger partial charge in [0, 0.05) is 11.2 Å². The highest BCUT2D eigenvalue weighted by molar-refractivity contribution is 6.31. The van der Waals surface area contributed by atoms with Gasteiger partial charge in [-0.05, 0) is 23.6 Å². The van der Waals surface area contributed by atoms with Crippen LogP contribution in [0.15, 0.2) is 36.7 Å². The second kappa shape index (κ2) is 5.17. The molecule has 0 radical (unpaired) electrons. The molecule has 16 heavy (non-hydrogen) atoms. The first-order valence-corrected chi connectivity index (χ1v) is 5.92. The van der Waals surface area contributed by atoms with Gasteiger partial charge in [0.05, 0.1) is 12.7 Å². The lowest BCUT2D eigenvalue weighted by Crippen LogP contribution is -2.00. The van der Waals surface area contributed by atoms with Gasteiger partial charge in [0.15, 0.2) is 0 Å². The number of hydrogen-bond acceptors (Lipinski definition) is 1. The van der Waals surface area contributed by atoms with E-state index in [4.69, 9.17) is 11.6 Å². The van der Waals surface area contributed by atoms with Crippen molar-refractivity contribution in [1.82, 2.24) is 9.78 Å². The molecule has 1 aromatic heterocycles. The zero-order chi connectivity index (χ0) is 11.4. The van der Waals surface area contributed by atoms with Crippen LogP contribution in [0.4, 0.5) is 0 Å². The lowest BCUT2D eigenvalue weighted by molar-refractivity contribution is 0.686. The Morgan fingerprint density at radius 3 is 2.88 bits per heavy atom. The first kappa shape index (κ1) is 11.2. The summed E-state index contributed by atoms with van der Waals surface area (Å²) < 4.78 is 1.94. The third kappa shape index (κ3) is 2.64. The molecule has 0 aliphatic heterocycles. The molecule has 0 aliphatic carbocycles. The molecule has 2 nitrogen and oxygen atoms in total. The molecule has 0 atom stereocenters. The zero-order valence-corrected chi connectivity index (χ0v) is 10.1. The van der Waals surface area contributed by atoms with Gasteiger partial charge in [-0.3, -0.25) is 4.68 Å². The Morgan fingerprint density at radius 2 is 2.12 bits per heavy atom. The van der Waals surface area contributed by atoms with Crippen LogP contribution in [0.25, 0.3) is 0 Å². The number of aromatic nitrogens is 2. The molecule has 0 unspecified atom stereocenters. The van der Waals surface area contributed by atoms with Gasteiger partial charge < -0.3 is 0 Å². The molecule has 0 saturated carbocycles. The van der Waals surface area contributed by atoms with E-state index in [0.29, 0.717) is 0 Å². The Labute approximate surface area is 101 Å². The van der Waals surface area contributed by atoms with Gasteiger partial charge in [0.2, 0.25) is 0 Å². The van der Waals surface area contributed by atoms with Crippen molar-refractivity contribution in [3.8, 4) is 0 Å². The van der Waals surface area contributed by atoms with Crippen molar-refractivity contribution >= 4 is 11.6 Å². The van der Waals surface area contributed by atoms with Gasteiger partial charge in [-0.1, -0.05) is 43.1 Å². The summed E-state index contributed by atoms with van der Waals surface area (Å²) >= 11 is 6.10.